The van der Waals surface area contributed by atoms with Gasteiger partial charge in [-0.05, 0) is 23.8 Å². The molecule has 0 bridgehead atoms. The van der Waals surface area contributed by atoms with Gasteiger partial charge in [0, 0.05) is 22.8 Å². The van der Waals surface area contributed by atoms with Gasteiger partial charge in [0.1, 0.15) is 11.4 Å². The van der Waals surface area contributed by atoms with Crippen LogP contribution in [0.15, 0.2) is 71.7 Å². The normalized spacial score (nSPS) is 11.1. The van der Waals surface area contributed by atoms with E-state index in [9.17, 15) is 13.9 Å². The van der Waals surface area contributed by atoms with E-state index in [1.54, 1.807) is 12.1 Å². The summed E-state index contributed by atoms with van der Waals surface area (Å²) in [4.78, 5) is 3.90. The van der Waals surface area contributed by atoms with Crippen molar-refractivity contribution in [2.75, 3.05) is 0 Å². The number of aromatic hydroxyl groups is 1. The summed E-state index contributed by atoms with van der Waals surface area (Å²) < 4.78 is 27.5. The third kappa shape index (κ3) is 5.89. The van der Waals surface area contributed by atoms with E-state index in [1.807, 2.05) is 50.2 Å². The monoisotopic (exact) mass is 469 g/mol. The van der Waals surface area contributed by atoms with Crippen LogP contribution in [0.5, 0.6) is 5.75 Å². The fraction of sp³-hybridized carbons (Fsp3) is 0.136. The third-order valence-corrected chi connectivity index (χ3v) is 4.51. The molecule has 0 unspecified atom stereocenters. The average Bonchev–Trinajstić information content (AvgIpc) is 2.70. The molecular weight excluding hydrogens is 451 g/mol. The minimum atomic E-state index is -0.749. The Bertz CT molecular complexity index is 962. The second-order valence-electron chi connectivity index (χ2n) is 6.63. The quantitative estimate of drug-likeness (QED) is 0.320. The van der Waals surface area contributed by atoms with Crippen LogP contribution in [0.1, 0.15) is 30.5 Å². The molecule has 0 radical (unpaired) electrons. The van der Waals surface area contributed by atoms with Crippen LogP contribution in [0.3, 0.4) is 0 Å². The van der Waals surface area contributed by atoms with Crippen molar-refractivity contribution in [3.8, 4) is 5.75 Å². The zero-order chi connectivity index (χ0) is 21.4. The van der Waals surface area contributed by atoms with Gasteiger partial charge in [0.05, 0.1) is 0 Å². The SMILES string of the molecule is CC(C)(c1ccccc1)c1cccc(C=Nc2c(F)cccc2F)c1O.[Cl][Ti][Cl]. The molecule has 3 aromatic rings. The molecule has 0 heterocycles. The van der Waals surface area contributed by atoms with Gasteiger partial charge in [-0.3, -0.25) is 0 Å². The molecular formula is C22H19Cl2F2NOTi. The maximum absolute atomic E-state index is 13.7. The number of benzene rings is 3. The van der Waals surface area contributed by atoms with Crippen LogP contribution in [0.25, 0.3) is 0 Å². The molecule has 0 aliphatic rings. The van der Waals surface area contributed by atoms with E-state index in [4.69, 9.17) is 18.6 Å². The average molecular weight is 470 g/mol. The molecule has 3 aromatic carbocycles. The van der Waals surface area contributed by atoms with Crippen LogP contribution >= 0.6 is 18.6 Å². The number of hydrogen-bond donors (Lipinski definition) is 1. The number of hydrogen-bond acceptors (Lipinski definition) is 2. The van der Waals surface area contributed by atoms with Crippen LogP contribution in [0.2, 0.25) is 0 Å². The predicted molar refractivity (Wildman–Crippen MR) is 112 cm³/mol. The molecule has 29 heavy (non-hydrogen) atoms. The summed E-state index contributed by atoms with van der Waals surface area (Å²) >= 11 is -0.556. The van der Waals surface area contributed by atoms with Crippen molar-refractivity contribution in [2.45, 2.75) is 19.3 Å². The molecule has 0 aliphatic carbocycles. The van der Waals surface area contributed by atoms with Gasteiger partial charge in [-0.1, -0.05) is 62.4 Å². The van der Waals surface area contributed by atoms with Crippen molar-refractivity contribution < 1.29 is 30.9 Å². The van der Waals surface area contributed by atoms with E-state index in [0.717, 1.165) is 17.7 Å². The Balaban J connectivity index is 0.000000941. The molecule has 0 fully saturated rings. The number of para-hydroxylation sites is 2. The summed E-state index contributed by atoms with van der Waals surface area (Å²) in [5.41, 5.74) is 1.33. The van der Waals surface area contributed by atoms with Crippen molar-refractivity contribution in [3.05, 3.63) is 95.1 Å². The summed E-state index contributed by atoms with van der Waals surface area (Å²) in [6.07, 6.45) is 1.28. The molecule has 1 N–H and O–H groups in total. The first-order valence-corrected chi connectivity index (χ1v) is 12.9. The van der Waals surface area contributed by atoms with Gasteiger partial charge in [0.15, 0.2) is 11.6 Å². The Labute approximate surface area is 185 Å². The first-order chi connectivity index (χ1) is 13.8. The second kappa shape index (κ2) is 10.9. The number of aliphatic imine (C=N–C) groups is 1. The Hall–Kier alpha value is -1.72. The van der Waals surface area contributed by atoms with E-state index < -0.39 is 34.1 Å². The Kier molecular flexibility index (Phi) is 8.85. The van der Waals surface area contributed by atoms with Crippen LogP contribution in [-0.4, -0.2) is 11.3 Å². The third-order valence-electron chi connectivity index (χ3n) is 4.51. The molecule has 0 aromatic heterocycles. The van der Waals surface area contributed by atoms with E-state index in [1.165, 1.54) is 12.3 Å². The van der Waals surface area contributed by atoms with Crippen molar-refractivity contribution in [1.29, 1.82) is 0 Å². The van der Waals surface area contributed by atoms with Crippen LogP contribution in [0, 0.1) is 11.6 Å². The van der Waals surface area contributed by atoms with Gasteiger partial charge in [-0.2, -0.15) is 0 Å². The number of nitrogens with zero attached hydrogens (tertiary/aromatic N) is 1. The molecule has 150 valence electrons. The van der Waals surface area contributed by atoms with E-state index >= 15 is 0 Å². The van der Waals surface area contributed by atoms with Gasteiger partial charge in [0.25, 0.3) is 0 Å². The fourth-order valence-electron chi connectivity index (χ4n) is 2.93. The first kappa shape index (κ1) is 23.6. The number of phenolic OH excluding ortho intramolecular Hbond substituents is 1. The van der Waals surface area contributed by atoms with Gasteiger partial charge < -0.3 is 5.11 Å². The Morgan fingerprint density at radius 3 is 2.03 bits per heavy atom. The number of rotatable bonds is 4. The van der Waals surface area contributed by atoms with Crippen LogP contribution in [0.4, 0.5) is 14.5 Å². The fourth-order valence-corrected chi connectivity index (χ4v) is 2.93. The Morgan fingerprint density at radius 2 is 1.45 bits per heavy atom. The van der Waals surface area contributed by atoms with E-state index in [2.05, 4.69) is 4.99 Å². The molecule has 0 spiro atoms. The molecule has 0 saturated carbocycles. The molecule has 7 heteroatoms. The van der Waals surface area contributed by atoms with Crippen molar-refractivity contribution in [3.63, 3.8) is 0 Å². The Morgan fingerprint density at radius 1 is 0.897 bits per heavy atom. The molecule has 0 atom stereocenters. The van der Waals surface area contributed by atoms with E-state index in [-0.39, 0.29) is 11.4 Å². The van der Waals surface area contributed by atoms with Gasteiger partial charge in [0.2, 0.25) is 0 Å². The van der Waals surface area contributed by atoms with Gasteiger partial charge in [-0.15, -0.1) is 0 Å². The van der Waals surface area contributed by atoms with Crippen LogP contribution in [-0.2, 0) is 22.4 Å². The van der Waals surface area contributed by atoms with Crippen molar-refractivity contribution in [1.82, 2.24) is 0 Å². The summed E-state index contributed by atoms with van der Waals surface area (Å²) in [5.74, 6) is -1.45. The molecule has 0 aliphatic heterocycles. The summed E-state index contributed by atoms with van der Waals surface area (Å²) in [7, 11) is 9.78. The zero-order valence-corrected chi connectivity index (χ0v) is 18.9. The number of halogens is 4. The number of phenols is 1. The topological polar surface area (TPSA) is 32.6 Å². The second-order valence-corrected chi connectivity index (χ2v) is 9.21. The summed E-state index contributed by atoms with van der Waals surface area (Å²) in [6.45, 7) is 4.02. The predicted octanol–water partition coefficient (Wildman–Crippen LogP) is 7.12. The van der Waals surface area contributed by atoms with Crippen molar-refractivity contribution in [2.24, 2.45) is 4.99 Å². The van der Waals surface area contributed by atoms with Gasteiger partial charge in [-0.25, -0.2) is 13.8 Å². The summed E-state index contributed by atoms with van der Waals surface area (Å²) in [5, 5.41) is 10.7. The van der Waals surface area contributed by atoms with E-state index in [0.29, 0.717) is 11.1 Å². The molecule has 0 saturated heterocycles. The maximum atomic E-state index is 13.7. The molecule has 3 rings (SSSR count). The minimum absolute atomic E-state index is 0.0434. The van der Waals surface area contributed by atoms with Crippen LogP contribution < -0.4 is 0 Å². The molecule has 0 amide bonds. The summed E-state index contributed by atoms with van der Waals surface area (Å²) in [6, 6.07) is 18.7. The standard InChI is InChI=1S/C22H19F2NO.2ClH.Ti/c1-22(2,16-9-4-3-5-10-16)17-11-6-8-15(21(17)26)14-25-20-18(23)12-7-13-19(20)24;;;/h3-14,26H,1-2H3;2*1H;/q;;;+2/p-2. The molecule has 2 nitrogen and oxygen atoms in total. The van der Waals surface area contributed by atoms with Gasteiger partial charge >= 0.3 is 35.6 Å². The first-order valence-electron chi connectivity index (χ1n) is 8.65. The van der Waals surface area contributed by atoms with Crippen molar-refractivity contribution >= 4 is 30.5 Å². The zero-order valence-electron chi connectivity index (χ0n) is 15.8.